The minimum atomic E-state index is -1.10. The van der Waals surface area contributed by atoms with E-state index in [1.54, 1.807) is 30.3 Å². The lowest BCUT2D eigenvalue weighted by Gasteiger charge is -2.22. The smallest absolute Gasteiger partial charge is 0.410 e. The molecule has 31 heavy (non-hydrogen) atoms. The topological polar surface area (TPSA) is 113 Å². The Labute approximate surface area is 179 Å². The van der Waals surface area contributed by atoms with Crippen LogP contribution in [0.25, 0.3) is 0 Å². The first-order valence-electron chi connectivity index (χ1n) is 10.0. The Morgan fingerprint density at radius 1 is 1.03 bits per heavy atom. The molecule has 2 atom stereocenters. The molecule has 0 spiro atoms. The van der Waals surface area contributed by atoms with Gasteiger partial charge in [0.15, 0.2) is 12.4 Å². The number of carbonyl (C=O) groups excluding carboxylic acids is 3. The third kappa shape index (κ3) is 5.91. The molecule has 0 aliphatic carbocycles. The van der Waals surface area contributed by atoms with Gasteiger partial charge in [0, 0.05) is 12.1 Å². The van der Waals surface area contributed by atoms with E-state index in [0.717, 1.165) is 10.5 Å². The minimum absolute atomic E-state index is 0.233. The lowest BCUT2D eigenvalue weighted by atomic mass is 10.0. The molecule has 0 aromatic heterocycles. The summed E-state index contributed by atoms with van der Waals surface area (Å²) in [4.78, 5) is 50.1. The first-order valence-corrected chi connectivity index (χ1v) is 10.0. The van der Waals surface area contributed by atoms with Crippen LogP contribution in [-0.4, -0.2) is 59.0 Å². The van der Waals surface area contributed by atoms with E-state index in [2.05, 4.69) is 5.32 Å². The molecule has 2 aromatic carbocycles. The maximum absolute atomic E-state index is 12.8. The molecule has 162 valence electrons. The summed E-state index contributed by atoms with van der Waals surface area (Å²) < 4.78 is 5.10. The van der Waals surface area contributed by atoms with Gasteiger partial charge in [-0.3, -0.25) is 14.5 Å². The van der Waals surface area contributed by atoms with Crippen molar-refractivity contribution in [3.63, 3.8) is 0 Å². The summed E-state index contributed by atoms with van der Waals surface area (Å²) in [6.45, 7) is -0.295. The summed E-state index contributed by atoms with van der Waals surface area (Å²) in [7, 11) is 0. The van der Waals surface area contributed by atoms with Crippen molar-refractivity contribution >= 4 is 23.8 Å². The predicted octanol–water partition coefficient (Wildman–Crippen LogP) is 2.28. The van der Waals surface area contributed by atoms with Crippen molar-refractivity contribution in [3.05, 3.63) is 71.8 Å². The molecule has 1 saturated heterocycles. The number of hydrogen-bond donors (Lipinski definition) is 2. The number of likely N-dealkylation sites (tertiary alicyclic amines) is 1. The second-order valence-corrected chi connectivity index (χ2v) is 7.29. The number of amides is 2. The van der Waals surface area contributed by atoms with Gasteiger partial charge >= 0.3 is 12.1 Å². The molecular formula is C23H24N2O6. The highest BCUT2D eigenvalue weighted by atomic mass is 16.6. The normalized spacial score (nSPS) is 16.4. The number of ether oxygens (including phenoxy) is 1. The largest absolute Gasteiger partial charge is 0.480 e. The van der Waals surface area contributed by atoms with Crippen LogP contribution in [0.2, 0.25) is 0 Å². The number of ketones is 1. The van der Waals surface area contributed by atoms with Gasteiger partial charge in [-0.05, 0) is 37.0 Å². The number of benzene rings is 2. The van der Waals surface area contributed by atoms with Crippen LogP contribution in [0.1, 0.15) is 28.8 Å². The molecule has 8 nitrogen and oxygen atoms in total. The standard InChI is InChI=1S/C23H24N2O6/c26-20(15-31-23(30)25-13-7-12-19(25)22(28)29)18(14-16-8-3-1-4-9-16)24-21(27)17-10-5-2-6-11-17/h1-6,8-11,18-19H,7,12-15H2,(H,24,27)(H,28,29)/t18-,19-/m0/s1. The Hall–Kier alpha value is -3.68. The van der Waals surface area contributed by atoms with Gasteiger partial charge in [-0.15, -0.1) is 0 Å². The molecule has 2 aromatic rings. The molecular weight excluding hydrogens is 400 g/mol. The van der Waals surface area contributed by atoms with Gasteiger partial charge in [-0.25, -0.2) is 9.59 Å². The molecule has 8 heteroatoms. The fourth-order valence-electron chi connectivity index (χ4n) is 3.48. The highest BCUT2D eigenvalue weighted by Gasteiger charge is 2.35. The van der Waals surface area contributed by atoms with Crippen molar-refractivity contribution in [2.24, 2.45) is 0 Å². The van der Waals surface area contributed by atoms with Gasteiger partial charge in [0.05, 0.1) is 6.04 Å². The van der Waals surface area contributed by atoms with Crippen molar-refractivity contribution in [2.45, 2.75) is 31.3 Å². The van der Waals surface area contributed by atoms with Gasteiger partial charge in [-0.2, -0.15) is 0 Å². The van der Waals surface area contributed by atoms with Gasteiger partial charge < -0.3 is 15.2 Å². The van der Waals surface area contributed by atoms with E-state index >= 15 is 0 Å². The van der Waals surface area contributed by atoms with E-state index in [1.165, 1.54) is 0 Å². The first-order chi connectivity index (χ1) is 15.0. The Balaban J connectivity index is 1.66. The van der Waals surface area contributed by atoms with Crippen LogP contribution in [0.4, 0.5) is 4.79 Å². The summed E-state index contributed by atoms with van der Waals surface area (Å²) in [5.74, 6) is -1.99. The Morgan fingerprint density at radius 3 is 2.32 bits per heavy atom. The van der Waals surface area contributed by atoms with Crippen LogP contribution in [0, 0.1) is 0 Å². The van der Waals surface area contributed by atoms with Gasteiger partial charge in [0.1, 0.15) is 6.04 Å². The first kappa shape index (κ1) is 22.0. The third-order valence-corrected chi connectivity index (χ3v) is 5.12. The summed E-state index contributed by atoms with van der Waals surface area (Å²) in [6, 6.07) is 15.8. The average molecular weight is 424 g/mol. The number of Topliss-reactive ketones (excluding diaryl/α,β-unsaturated/α-hetero) is 1. The van der Waals surface area contributed by atoms with Gasteiger partial charge in [-0.1, -0.05) is 48.5 Å². The summed E-state index contributed by atoms with van der Waals surface area (Å²) in [5.41, 5.74) is 1.25. The lowest BCUT2D eigenvalue weighted by Crippen LogP contribution is -2.46. The lowest BCUT2D eigenvalue weighted by molar-refractivity contribution is -0.141. The van der Waals surface area contributed by atoms with Crippen molar-refractivity contribution in [3.8, 4) is 0 Å². The van der Waals surface area contributed by atoms with E-state index in [-0.39, 0.29) is 13.0 Å². The van der Waals surface area contributed by atoms with Crippen molar-refractivity contribution < 1.29 is 29.0 Å². The minimum Gasteiger partial charge on any atom is -0.480 e. The van der Waals surface area contributed by atoms with Crippen LogP contribution < -0.4 is 5.32 Å². The highest BCUT2D eigenvalue weighted by molar-refractivity contribution is 5.98. The number of rotatable bonds is 8. The second-order valence-electron chi connectivity index (χ2n) is 7.29. The number of nitrogens with one attached hydrogen (secondary N) is 1. The molecule has 0 saturated carbocycles. The van der Waals surface area contributed by atoms with Crippen LogP contribution >= 0.6 is 0 Å². The average Bonchev–Trinajstić information content (AvgIpc) is 3.28. The fourth-order valence-corrected chi connectivity index (χ4v) is 3.48. The maximum Gasteiger partial charge on any atom is 0.410 e. The van der Waals surface area contributed by atoms with Gasteiger partial charge in [0.25, 0.3) is 5.91 Å². The highest BCUT2D eigenvalue weighted by Crippen LogP contribution is 2.18. The van der Waals surface area contributed by atoms with Crippen molar-refractivity contribution in [2.75, 3.05) is 13.2 Å². The van der Waals surface area contributed by atoms with E-state index in [4.69, 9.17) is 4.74 Å². The van der Waals surface area contributed by atoms with E-state index in [0.29, 0.717) is 18.4 Å². The van der Waals surface area contributed by atoms with Crippen LogP contribution in [0.5, 0.6) is 0 Å². The number of carbonyl (C=O) groups is 4. The summed E-state index contributed by atoms with van der Waals surface area (Å²) >= 11 is 0. The zero-order valence-corrected chi connectivity index (χ0v) is 16.9. The molecule has 1 fully saturated rings. The van der Waals surface area contributed by atoms with Crippen LogP contribution in [0.3, 0.4) is 0 Å². The van der Waals surface area contributed by atoms with Crippen molar-refractivity contribution in [1.29, 1.82) is 0 Å². The molecule has 0 unspecified atom stereocenters. The van der Waals surface area contributed by atoms with E-state index in [9.17, 15) is 24.3 Å². The molecule has 2 N–H and O–H groups in total. The fraction of sp³-hybridized carbons (Fsp3) is 0.304. The van der Waals surface area contributed by atoms with E-state index < -0.39 is 42.4 Å². The van der Waals surface area contributed by atoms with Gasteiger partial charge in [0.2, 0.25) is 0 Å². The number of nitrogens with zero attached hydrogens (tertiary/aromatic N) is 1. The summed E-state index contributed by atoms with van der Waals surface area (Å²) in [5, 5.41) is 11.9. The molecule has 0 radical (unpaired) electrons. The monoisotopic (exact) mass is 424 g/mol. The third-order valence-electron chi connectivity index (χ3n) is 5.12. The Kier molecular flexibility index (Phi) is 7.37. The zero-order chi connectivity index (χ0) is 22.2. The molecule has 2 amide bonds. The van der Waals surface area contributed by atoms with Crippen molar-refractivity contribution in [1.82, 2.24) is 10.2 Å². The SMILES string of the molecule is O=C(N[C@@H](Cc1ccccc1)C(=O)COC(=O)N1CCC[C@H]1C(=O)O)c1ccccc1. The summed E-state index contributed by atoms with van der Waals surface area (Å²) in [6.07, 6.45) is 0.300. The second kappa shape index (κ2) is 10.4. The molecule has 1 aliphatic rings. The van der Waals surface area contributed by atoms with Crippen LogP contribution in [0.15, 0.2) is 60.7 Å². The quantitative estimate of drug-likeness (QED) is 0.672. The predicted molar refractivity (Wildman–Crippen MR) is 112 cm³/mol. The Morgan fingerprint density at radius 2 is 1.68 bits per heavy atom. The molecule has 1 aliphatic heterocycles. The number of carboxylic acids is 1. The van der Waals surface area contributed by atoms with E-state index in [1.807, 2.05) is 30.3 Å². The number of aliphatic carboxylic acids is 1. The number of carboxylic acid groups (broad SMARTS) is 1. The van der Waals surface area contributed by atoms with Crippen LogP contribution in [-0.2, 0) is 20.7 Å². The molecule has 1 heterocycles. The maximum atomic E-state index is 12.8. The Bertz CT molecular complexity index is 932. The number of hydrogen-bond acceptors (Lipinski definition) is 5. The zero-order valence-electron chi connectivity index (χ0n) is 16.9. The molecule has 0 bridgehead atoms. The molecule has 3 rings (SSSR count).